The smallest absolute Gasteiger partial charge is 0.146 e. The van der Waals surface area contributed by atoms with Gasteiger partial charge >= 0.3 is 0 Å². The van der Waals surface area contributed by atoms with Crippen molar-refractivity contribution in [1.29, 1.82) is 0 Å². The number of rotatable bonds is 2. The van der Waals surface area contributed by atoms with Crippen LogP contribution < -0.4 is 0 Å². The Kier molecular flexibility index (Phi) is 3.31. The Balaban J connectivity index is 2.24. The molecule has 2 aromatic rings. The van der Waals surface area contributed by atoms with E-state index in [4.69, 9.17) is 11.6 Å². The van der Waals surface area contributed by atoms with E-state index in [9.17, 15) is 5.11 Å². The van der Waals surface area contributed by atoms with Crippen molar-refractivity contribution in [2.24, 2.45) is 4.99 Å². The first kappa shape index (κ1) is 13.3. The fourth-order valence-corrected chi connectivity index (χ4v) is 2.91. The predicted octanol–water partition coefficient (Wildman–Crippen LogP) is 2.30. The van der Waals surface area contributed by atoms with Gasteiger partial charge in [0.25, 0.3) is 0 Å². The molecule has 1 aliphatic rings. The van der Waals surface area contributed by atoms with E-state index in [0.29, 0.717) is 17.4 Å². The number of halogens is 1. The van der Waals surface area contributed by atoms with Crippen LogP contribution in [0.3, 0.4) is 0 Å². The first-order chi connectivity index (χ1) is 9.60. The molecule has 20 heavy (non-hydrogen) atoms. The molecular formula is C14H15ClN4O. The molecule has 3 rings (SSSR count). The van der Waals surface area contributed by atoms with Gasteiger partial charge in [-0.2, -0.15) is 0 Å². The number of hydrogen-bond donors (Lipinski definition) is 1. The van der Waals surface area contributed by atoms with Crippen LogP contribution in [-0.2, 0) is 0 Å². The molecule has 6 heteroatoms. The van der Waals surface area contributed by atoms with Crippen LogP contribution in [0.4, 0.5) is 0 Å². The topological polar surface area (TPSA) is 63.3 Å². The number of aryl methyl sites for hydroxylation is 1. The summed E-state index contributed by atoms with van der Waals surface area (Å²) in [5.41, 5.74) is 1.67. The monoisotopic (exact) mass is 290 g/mol. The molecule has 0 radical (unpaired) electrons. The molecule has 1 N–H and O–H groups in total. The van der Waals surface area contributed by atoms with E-state index in [1.165, 1.54) is 0 Å². The average molecular weight is 291 g/mol. The second kappa shape index (κ2) is 5.00. The number of aliphatic hydroxyl groups is 1. The predicted molar refractivity (Wildman–Crippen MR) is 79.6 cm³/mol. The summed E-state index contributed by atoms with van der Waals surface area (Å²) in [5.74, 6) is 0.629. The highest BCUT2D eigenvalue weighted by molar-refractivity contribution is 6.35. The summed E-state index contributed by atoms with van der Waals surface area (Å²) in [6.45, 7) is 1.82. The number of hydrogen-bond acceptors (Lipinski definition) is 4. The first-order valence-electron chi connectivity index (χ1n) is 6.43. The van der Waals surface area contributed by atoms with Crippen molar-refractivity contribution >= 4 is 28.8 Å². The van der Waals surface area contributed by atoms with E-state index in [1.807, 2.05) is 23.8 Å². The summed E-state index contributed by atoms with van der Waals surface area (Å²) < 4.78 is 2.03. The van der Waals surface area contributed by atoms with Crippen molar-refractivity contribution in [3.63, 3.8) is 0 Å². The molecule has 2 heterocycles. The second-order valence-electron chi connectivity index (χ2n) is 4.89. The lowest BCUT2D eigenvalue weighted by Crippen LogP contribution is -2.08. The third-order valence-electron chi connectivity index (χ3n) is 3.43. The molecule has 104 valence electrons. The van der Waals surface area contributed by atoms with E-state index >= 15 is 0 Å². The molecule has 0 bridgehead atoms. The van der Waals surface area contributed by atoms with Crippen molar-refractivity contribution in [3.8, 4) is 0 Å². The largest absolute Gasteiger partial charge is 0.389 e. The quantitative estimate of drug-likeness (QED) is 0.524. The molecule has 0 aliphatic heterocycles. The van der Waals surface area contributed by atoms with Crippen LogP contribution in [0.2, 0.25) is 5.15 Å². The maximum atomic E-state index is 9.67. The minimum absolute atomic E-state index is 0.0804. The maximum absolute atomic E-state index is 9.67. The van der Waals surface area contributed by atoms with Crippen molar-refractivity contribution < 1.29 is 5.11 Å². The van der Waals surface area contributed by atoms with Gasteiger partial charge in [-0.25, -0.2) is 9.97 Å². The summed E-state index contributed by atoms with van der Waals surface area (Å²) >= 11 is 6.26. The fourth-order valence-electron chi connectivity index (χ4n) is 2.59. The highest BCUT2D eigenvalue weighted by Crippen LogP contribution is 2.32. The van der Waals surface area contributed by atoms with Crippen LogP contribution in [0.1, 0.15) is 23.9 Å². The molecule has 0 spiro atoms. The van der Waals surface area contributed by atoms with Crippen molar-refractivity contribution in [2.75, 3.05) is 7.05 Å². The molecule has 0 saturated carbocycles. The minimum atomic E-state index is -0.404. The van der Waals surface area contributed by atoms with Crippen molar-refractivity contribution in [1.82, 2.24) is 14.5 Å². The molecule has 1 aliphatic carbocycles. The fraction of sp³-hybridized carbons (Fsp3) is 0.357. The zero-order chi connectivity index (χ0) is 14.3. The average Bonchev–Trinajstić information content (AvgIpc) is 2.94. The Morgan fingerprint density at radius 1 is 1.45 bits per heavy atom. The lowest BCUT2D eigenvalue weighted by molar-refractivity contribution is 0.211. The van der Waals surface area contributed by atoms with Crippen molar-refractivity contribution in [3.05, 3.63) is 34.9 Å². The Bertz CT molecular complexity index is 720. The van der Waals surface area contributed by atoms with Gasteiger partial charge in [-0.15, -0.1) is 0 Å². The Hall–Kier alpha value is -1.72. The minimum Gasteiger partial charge on any atom is -0.389 e. The zero-order valence-corrected chi connectivity index (χ0v) is 12.0. The van der Waals surface area contributed by atoms with E-state index in [2.05, 4.69) is 15.0 Å². The highest BCUT2D eigenvalue weighted by atomic mass is 35.5. The number of aliphatic hydroxyl groups excluding tert-OH is 1. The van der Waals surface area contributed by atoms with Crippen LogP contribution in [0.15, 0.2) is 23.3 Å². The van der Waals surface area contributed by atoms with E-state index in [0.717, 1.165) is 16.6 Å². The van der Waals surface area contributed by atoms with Gasteiger partial charge in [-0.1, -0.05) is 23.8 Å². The van der Waals surface area contributed by atoms with Gasteiger partial charge in [0.15, 0.2) is 0 Å². The van der Waals surface area contributed by atoms with Gasteiger partial charge in [0, 0.05) is 31.4 Å². The number of aromatic nitrogens is 3. The zero-order valence-electron chi connectivity index (χ0n) is 11.3. The summed E-state index contributed by atoms with van der Waals surface area (Å²) in [6, 6.07) is 0.0804. The standard InChI is InChI=1S/C14H15ClN4O/c1-8-17-13(15)12-9(6-16-2)7-19(14(12)18-8)10-3-4-11(20)5-10/h3-4,6-7,10-11,20H,5H2,1-2H3/b16-6-/t10-,11+/m0/s1. The lowest BCUT2D eigenvalue weighted by atomic mass is 10.2. The molecule has 2 atom stereocenters. The van der Waals surface area contributed by atoms with Crippen LogP contribution >= 0.6 is 11.6 Å². The summed E-state index contributed by atoms with van der Waals surface area (Å²) in [6.07, 6.45) is 7.75. The molecule has 0 amide bonds. The van der Waals surface area contributed by atoms with Gasteiger partial charge in [0.1, 0.15) is 16.6 Å². The molecule has 2 aromatic heterocycles. The van der Waals surface area contributed by atoms with E-state index in [-0.39, 0.29) is 6.04 Å². The van der Waals surface area contributed by atoms with Crippen LogP contribution in [0, 0.1) is 6.92 Å². The number of allylic oxidation sites excluding steroid dienone is 1. The SMILES string of the molecule is C/N=C\c1cn([C@H]2C=C[C@@H](O)C2)c2nc(C)nc(Cl)c12. The van der Waals surface area contributed by atoms with Crippen LogP contribution in [0.25, 0.3) is 11.0 Å². The number of nitrogens with zero attached hydrogens (tertiary/aromatic N) is 4. The normalized spacial score (nSPS) is 22.4. The van der Waals surface area contributed by atoms with Crippen LogP contribution in [0.5, 0.6) is 0 Å². The Morgan fingerprint density at radius 3 is 2.90 bits per heavy atom. The van der Waals surface area contributed by atoms with E-state index in [1.54, 1.807) is 19.3 Å². The maximum Gasteiger partial charge on any atom is 0.146 e. The van der Waals surface area contributed by atoms with Crippen molar-refractivity contribution in [2.45, 2.75) is 25.5 Å². The Labute approximate surface area is 121 Å². The molecule has 0 unspecified atom stereocenters. The number of aliphatic imine (C=N–C) groups is 1. The van der Waals surface area contributed by atoms with Crippen LogP contribution in [-0.4, -0.2) is 39.0 Å². The summed E-state index contributed by atoms with van der Waals surface area (Å²) in [7, 11) is 1.71. The molecule has 5 nitrogen and oxygen atoms in total. The third kappa shape index (κ3) is 2.13. The lowest BCUT2D eigenvalue weighted by Gasteiger charge is -2.12. The van der Waals surface area contributed by atoms with Gasteiger partial charge < -0.3 is 9.67 Å². The molecule has 0 saturated heterocycles. The molecular weight excluding hydrogens is 276 g/mol. The van der Waals surface area contributed by atoms with E-state index < -0.39 is 6.10 Å². The first-order valence-corrected chi connectivity index (χ1v) is 6.81. The van der Waals surface area contributed by atoms with Gasteiger partial charge in [-0.05, 0) is 6.92 Å². The second-order valence-corrected chi connectivity index (χ2v) is 5.25. The molecule has 0 fully saturated rings. The molecule has 0 aromatic carbocycles. The Morgan fingerprint density at radius 2 is 2.25 bits per heavy atom. The van der Waals surface area contributed by atoms with Gasteiger partial charge in [-0.3, -0.25) is 4.99 Å². The number of fused-ring (bicyclic) bond motifs is 1. The van der Waals surface area contributed by atoms with Gasteiger partial charge in [0.2, 0.25) is 0 Å². The summed E-state index contributed by atoms with van der Waals surface area (Å²) in [5, 5.41) is 10.9. The van der Waals surface area contributed by atoms with Gasteiger partial charge in [0.05, 0.1) is 17.5 Å². The highest BCUT2D eigenvalue weighted by Gasteiger charge is 2.23. The summed E-state index contributed by atoms with van der Waals surface area (Å²) in [4.78, 5) is 12.8. The third-order valence-corrected chi connectivity index (χ3v) is 3.71.